The van der Waals surface area contributed by atoms with Crippen molar-refractivity contribution in [3.8, 4) is 51.4 Å². The minimum Gasteiger partial charge on any atom is -0.508 e. The summed E-state index contributed by atoms with van der Waals surface area (Å²) in [5.41, 5.74) is 4.17. The normalized spacial score (nSPS) is 29.0. The van der Waals surface area contributed by atoms with Gasteiger partial charge in [-0.05, 0) is 212 Å². The Balaban J connectivity index is 0.961. The number of nitrogens with one attached hydrogen (secondary N) is 9. The van der Waals surface area contributed by atoms with E-state index in [0.29, 0.717) is 11.8 Å². The SMILES string of the molecule is CCOc1ccc(S(=O)(=O)NC(=O)C[C@@H]2NC(=O)[C@H](NC(=O)[C@@H](CC(C)C)NC)[C@H](O)c3ccc(c(C)c3)Oc3cc4cc(c3O[C@@H]3O[C@H](CN)[C@@H](O)[C@H](O)[C@H]3O)Oc3ccc(cc3Cl)[C@@H](O)[C@@H]3NC(=O)[C@H](NC(=O)[C@@H]4NC2=O)c2ccc4c(c2)-c2c(cc(O)cc2C4(O)O)[C@@H](C(=O)NC2C4CC5CC(C4)CC2C5)NC3=O)cc1. The molecule has 4 saturated carbocycles. The first-order valence-electron chi connectivity index (χ1n) is 37.6. The Morgan fingerprint density at radius 3 is 1.95 bits per heavy atom. The molecule has 6 aromatic carbocycles. The number of benzene rings is 6. The molecule has 6 heterocycles. The highest BCUT2D eigenvalue weighted by molar-refractivity contribution is 7.90. The second-order valence-corrected chi connectivity index (χ2v) is 33.0. The molecule has 5 aliphatic carbocycles. The molecule has 0 unspecified atom stereocenters. The molecule has 114 heavy (non-hydrogen) atoms. The number of aliphatic hydroxyl groups excluding tert-OH is 5. The maximum atomic E-state index is 16.5. The van der Waals surface area contributed by atoms with E-state index in [9.17, 15) is 58.9 Å². The molecular formula is C79H89ClN10O23S. The van der Waals surface area contributed by atoms with E-state index >= 15 is 28.8 Å². The van der Waals surface area contributed by atoms with Gasteiger partial charge in [0.05, 0.1) is 29.0 Å². The number of aromatic hydroxyl groups is 1. The maximum Gasteiger partial charge on any atom is 0.264 e. The second kappa shape index (κ2) is 32.0. The molecule has 19 N–H and O–H groups in total. The first-order chi connectivity index (χ1) is 54.2. The highest BCUT2D eigenvalue weighted by Gasteiger charge is 2.52. The van der Waals surface area contributed by atoms with Crippen molar-refractivity contribution in [2.75, 3.05) is 20.2 Å². The fraction of sp³-hybridized carbons (Fsp3) is 0.443. The number of aliphatic hydroxyl groups is 7. The summed E-state index contributed by atoms with van der Waals surface area (Å²) < 4.78 is 61.4. The van der Waals surface area contributed by atoms with Crippen molar-refractivity contribution < 1.29 is 111 Å². The Kier molecular flexibility index (Phi) is 22.6. The summed E-state index contributed by atoms with van der Waals surface area (Å²) in [6.07, 6.45) is -10.2. The Hall–Kier alpha value is -10.1. The number of sulfonamides is 1. The summed E-state index contributed by atoms with van der Waals surface area (Å²) in [4.78, 5) is 124. The summed E-state index contributed by atoms with van der Waals surface area (Å²) in [6.45, 7) is 6.60. The molecule has 17 rings (SSSR count). The number of hydrogen-bond acceptors (Lipinski definition) is 25. The van der Waals surface area contributed by atoms with Crippen molar-refractivity contribution in [3.63, 3.8) is 0 Å². The largest absolute Gasteiger partial charge is 0.508 e. The Morgan fingerprint density at radius 2 is 1.31 bits per heavy atom. The predicted octanol–water partition coefficient (Wildman–Crippen LogP) is 1.85. The molecule has 0 spiro atoms. The number of ether oxygens (including phenoxy) is 5. The summed E-state index contributed by atoms with van der Waals surface area (Å²) >= 11 is 7.19. The first kappa shape index (κ1) is 80.5. The third kappa shape index (κ3) is 15.7. The average Bonchev–Trinajstić information content (AvgIpc) is 1.56. The van der Waals surface area contributed by atoms with Crippen molar-refractivity contribution in [2.45, 2.75) is 175 Å². The van der Waals surface area contributed by atoms with Crippen LogP contribution in [0.3, 0.4) is 0 Å². The lowest BCUT2D eigenvalue weighted by molar-refractivity contribution is -0.270. The van der Waals surface area contributed by atoms with Crippen LogP contribution in [0, 0.1) is 36.5 Å². The number of likely N-dealkylation sites (N-methyl/N-ethyl adjacent to an activating group) is 1. The van der Waals surface area contributed by atoms with E-state index in [2.05, 4.69) is 42.5 Å². The van der Waals surface area contributed by atoms with Crippen LogP contribution in [-0.4, -0.2) is 178 Å². The smallest absolute Gasteiger partial charge is 0.264 e. The Morgan fingerprint density at radius 1 is 0.675 bits per heavy atom. The van der Waals surface area contributed by atoms with Gasteiger partial charge in [-0.25, -0.2) is 13.1 Å². The van der Waals surface area contributed by atoms with Crippen LogP contribution < -0.4 is 71.9 Å². The number of amides is 8. The Bertz CT molecular complexity index is 4930. The van der Waals surface area contributed by atoms with Gasteiger partial charge in [0.2, 0.25) is 65.1 Å². The van der Waals surface area contributed by atoms with Gasteiger partial charge in [0, 0.05) is 23.7 Å². The van der Waals surface area contributed by atoms with Crippen LogP contribution in [-0.2, 0) is 58.9 Å². The van der Waals surface area contributed by atoms with E-state index < -0.39 is 195 Å². The molecule has 6 aromatic rings. The van der Waals surface area contributed by atoms with Gasteiger partial charge in [-0.1, -0.05) is 49.7 Å². The monoisotopic (exact) mass is 1610 g/mol. The molecule has 35 heteroatoms. The quantitative estimate of drug-likeness (QED) is 0.0615. The number of carbonyl (C=O) groups excluding carboxylic acids is 8. The van der Waals surface area contributed by atoms with Crippen LogP contribution in [0.5, 0.6) is 40.2 Å². The van der Waals surface area contributed by atoms with Crippen molar-refractivity contribution in [3.05, 3.63) is 153 Å². The van der Waals surface area contributed by atoms with Gasteiger partial charge < -0.3 is 113 Å². The van der Waals surface area contributed by atoms with Crippen molar-refractivity contribution in [2.24, 2.45) is 35.3 Å². The third-order valence-corrected chi connectivity index (χ3v) is 24.4. The van der Waals surface area contributed by atoms with Gasteiger partial charge in [-0.2, -0.15) is 0 Å². The fourth-order valence-electron chi connectivity index (χ4n) is 17.3. The number of phenolic OH excluding ortho intramolecular Hbond substituents is 1. The fourth-order valence-corrected chi connectivity index (χ4v) is 18.5. The van der Waals surface area contributed by atoms with Crippen molar-refractivity contribution in [1.29, 1.82) is 0 Å². The van der Waals surface area contributed by atoms with Gasteiger partial charge in [0.15, 0.2) is 11.5 Å². The number of aryl methyl sites for hydroxylation is 1. The first-order valence-corrected chi connectivity index (χ1v) is 39.5. The molecule has 6 aliphatic heterocycles. The summed E-state index contributed by atoms with van der Waals surface area (Å²) in [5.74, 6) is -14.4. The average molecular weight is 1610 g/mol. The molecule has 0 radical (unpaired) electrons. The van der Waals surface area contributed by atoms with E-state index in [1.165, 1.54) is 74.6 Å². The summed E-state index contributed by atoms with van der Waals surface area (Å²) in [6, 6.07) is 5.99. The third-order valence-electron chi connectivity index (χ3n) is 22.7. The van der Waals surface area contributed by atoms with Crippen LogP contribution in [0.1, 0.15) is 141 Å². The van der Waals surface area contributed by atoms with Gasteiger partial charge in [0.25, 0.3) is 10.0 Å². The minimum absolute atomic E-state index is 0.0694. The van der Waals surface area contributed by atoms with E-state index in [-0.39, 0.29) is 109 Å². The molecule has 0 aromatic heterocycles. The second-order valence-electron chi connectivity index (χ2n) is 30.9. The number of carbonyl (C=O) groups is 8. The number of fused-ring (bicyclic) bond motifs is 12. The zero-order valence-corrected chi connectivity index (χ0v) is 63.9. The Labute approximate surface area is 658 Å². The molecule has 14 atom stereocenters. The van der Waals surface area contributed by atoms with E-state index in [0.717, 1.165) is 74.6 Å². The topological polar surface area (TPSA) is 513 Å². The maximum absolute atomic E-state index is 16.5. The van der Waals surface area contributed by atoms with E-state index in [1.807, 2.05) is 18.6 Å². The number of halogens is 1. The molecule has 11 aliphatic rings. The summed E-state index contributed by atoms with van der Waals surface area (Å²) in [5, 5.41) is 117. The molecular weight excluding hydrogens is 1520 g/mol. The standard InChI is InChI=1S/C79H89ClN10O23S/c1-6-109-43-10-12-44(13-11-43)114(107,108)90-57(92)30-51-72(99)85-61-41-26-54(110-52-15-8-37(18-33(52)4)65(93)63(76(103)83-51)88-71(98)50(82-5)17-32(2)3)70(113-78-69(97)68(96)67(95)56(31-81)112-78)55(27-41)111-53-16-9-38(25-49(53)80)66(94)64-77(104)87-62(75(102)84-59-39-20-34-19-35(22-39)23-40(59)21-34)46-28-42(91)29-48-58(46)45-24-36(7-14-47(45)79(48,105)106)60(73(100)89-64)86-74(61)101/h7-16,18,24-29,32,34-35,39-40,50-51,56,59-69,78,82,91,93-97,105-106H,6,17,19-23,30-31,81H2,1-5H3,(H,83,103)(H,84,102)(H,85,99)(H,86,101)(H,87,104)(H,88,98)(H,89,100)(H,90,92)/t34?,35?,39?,40?,50-,51+,56-,59?,60-,61-,62+,63-,64+,65-,66-,67-,68+,69-,78+/m1/s1. The number of hydrogen-bond donors (Lipinski definition) is 18. The highest BCUT2D eigenvalue weighted by Crippen LogP contribution is 2.56. The molecule has 606 valence electrons. The zero-order valence-electron chi connectivity index (χ0n) is 62.3. The number of nitrogens with two attached hydrogens (primary N) is 1. The van der Waals surface area contributed by atoms with Gasteiger partial charge in [-0.15, -0.1) is 0 Å². The van der Waals surface area contributed by atoms with Crippen LogP contribution in [0.15, 0.2) is 108 Å². The van der Waals surface area contributed by atoms with Crippen LogP contribution in [0.25, 0.3) is 11.1 Å². The molecule has 1 saturated heterocycles. The molecule has 8 amide bonds. The summed E-state index contributed by atoms with van der Waals surface area (Å²) in [7, 11) is -3.38. The van der Waals surface area contributed by atoms with Crippen LogP contribution in [0.2, 0.25) is 5.02 Å². The van der Waals surface area contributed by atoms with Gasteiger partial charge in [0.1, 0.15) is 95.9 Å². The van der Waals surface area contributed by atoms with Gasteiger partial charge in [-0.3, -0.25) is 38.4 Å². The lowest BCUT2D eigenvalue weighted by atomic mass is 9.54. The van der Waals surface area contributed by atoms with Gasteiger partial charge >= 0.3 is 0 Å². The highest BCUT2D eigenvalue weighted by atomic mass is 35.5. The lowest BCUT2D eigenvalue weighted by Gasteiger charge is -2.54. The number of rotatable bonds is 16. The molecule has 5 fully saturated rings. The van der Waals surface area contributed by atoms with Crippen molar-refractivity contribution >= 4 is 68.9 Å². The lowest BCUT2D eigenvalue weighted by Crippen LogP contribution is -2.60. The predicted molar refractivity (Wildman–Crippen MR) is 402 cm³/mol. The van der Waals surface area contributed by atoms with E-state index in [1.54, 1.807) is 6.92 Å². The molecule has 15 bridgehead atoms. The number of phenols is 1. The van der Waals surface area contributed by atoms with E-state index in [4.69, 9.17) is 41.0 Å². The zero-order chi connectivity index (χ0) is 81.4. The minimum atomic E-state index is -4.85. The van der Waals surface area contributed by atoms with Crippen LogP contribution in [0.4, 0.5) is 0 Å². The molecule has 33 nitrogen and oxygen atoms in total. The van der Waals surface area contributed by atoms with Crippen LogP contribution >= 0.6 is 11.6 Å². The van der Waals surface area contributed by atoms with Crippen molar-refractivity contribution in [1.82, 2.24) is 47.3 Å².